The Kier molecular flexibility index (Phi) is 5.31. The third-order valence-corrected chi connectivity index (χ3v) is 2.87. The second-order valence-electron chi connectivity index (χ2n) is 2.04. The highest BCUT2D eigenvalue weighted by Gasteiger charge is 2.14. The lowest BCUT2D eigenvalue weighted by molar-refractivity contribution is 0.320. The Morgan fingerprint density at radius 1 is 1.75 bits per heavy atom. The van der Waals surface area contributed by atoms with Crippen LogP contribution in [0.15, 0.2) is 0 Å². The molecule has 0 aromatic heterocycles. The van der Waals surface area contributed by atoms with Crippen molar-refractivity contribution in [3.8, 4) is 0 Å². The van der Waals surface area contributed by atoms with Crippen LogP contribution < -0.4 is 0 Å². The lowest BCUT2D eigenvalue weighted by Crippen LogP contribution is -2.20. The topological polar surface area (TPSA) is 43.4 Å². The predicted octanol–water partition coefficient (Wildman–Crippen LogP) is 1.25. The van der Waals surface area contributed by atoms with Gasteiger partial charge < -0.3 is 0 Å². The molecule has 12 heavy (non-hydrogen) atoms. The third kappa shape index (κ3) is 5.93. The second kappa shape index (κ2) is 5.16. The van der Waals surface area contributed by atoms with Crippen LogP contribution in [0.3, 0.4) is 0 Å². The van der Waals surface area contributed by atoms with Crippen molar-refractivity contribution in [2.75, 3.05) is 12.0 Å². The van der Waals surface area contributed by atoms with Crippen molar-refractivity contribution < 1.29 is 12.6 Å². The Morgan fingerprint density at radius 2 is 2.25 bits per heavy atom. The highest BCUT2D eigenvalue weighted by Crippen LogP contribution is 2.11. The van der Waals surface area contributed by atoms with E-state index in [-0.39, 0.29) is 0 Å². The van der Waals surface area contributed by atoms with Crippen LogP contribution in [0, 0.1) is 6.92 Å². The summed E-state index contributed by atoms with van der Waals surface area (Å²) in [7, 11) is -3.45. The Hall–Kier alpha value is 0.350. The first-order valence-electron chi connectivity index (χ1n) is 3.24. The Labute approximate surface area is 83.0 Å². The fourth-order valence-electron chi connectivity index (χ4n) is 0.485. The van der Waals surface area contributed by atoms with Gasteiger partial charge in [0.25, 0.3) is 10.1 Å². The first-order valence-corrected chi connectivity index (χ1v) is 6.46. The molecule has 0 saturated heterocycles. The molecule has 1 unspecified atom stereocenters. The molecule has 1 atom stereocenters. The van der Waals surface area contributed by atoms with Gasteiger partial charge in [-0.15, -0.1) is 11.8 Å². The van der Waals surface area contributed by atoms with E-state index in [2.05, 4.69) is 11.1 Å². The molecule has 0 amide bonds. The van der Waals surface area contributed by atoms with E-state index in [4.69, 9.17) is 12.2 Å². The minimum absolute atomic E-state index is 0.461. The maximum atomic E-state index is 10.6. The highest BCUT2D eigenvalue weighted by molar-refractivity contribution is 8.23. The van der Waals surface area contributed by atoms with Gasteiger partial charge in [0, 0.05) is 0 Å². The average molecular weight is 227 g/mol. The van der Waals surface area contributed by atoms with Crippen molar-refractivity contribution >= 4 is 38.3 Å². The molecule has 0 saturated carbocycles. The van der Waals surface area contributed by atoms with E-state index in [0.29, 0.717) is 4.20 Å². The maximum absolute atomic E-state index is 10.6. The third-order valence-electron chi connectivity index (χ3n) is 0.840. The van der Waals surface area contributed by atoms with Crippen molar-refractivity contribution in [2.45, 2.75) is 13.0 Å². The molecular formula is C6H11O3S3. The van der Waals surface area contributed by atoms with Crippen molar-refractivity contribution in [1.82, 2.24) is 0 Å². The van der Waals surface area contributed by atoms with Gasteiger partial charge in [0.05, 0.1) is 10.5 Å². The molecule has 0 bridgehead atoms. The Bertz CT molecular complexity index is 245. The quantitative estimate of drug-likeness (QED) is 0.534. The van der Waals surface area contributed by atoms with Gasteiger partial charge >= 0.3 is 0 Å². The number of rotatable bonds is 4. The van der Waals surface area contributed by atoms with Gasteiger partial charge in [-0.1, -0.05) is 19.1 Å². The van der Waals surface area contributed by atoms with E-state index in [9.17, 15) is 8.42 Å². The van der Waals surface area contributed by atoms with Gasteiger partial charge in [-0.05, 0) is 12.7 Å². The minimum Gasteiger partial charge on any atom is -0.261 e. The van der Waals surface area contributed by atoms with Crippen LogP contribution in [0.1, 0.15) is 6.92 Å². The van der Waals surface area contributed by atoms with Gasteiger partial charge in [-0.25, -0.2) is 0 Å². The molecule has 1 radical (unpaired) electrons. The van der Waals surface area contributed by atoms with Crippen molar-refractivity contribution in [1.29, 1.82) is 0 Å². The number of hydrogen-bond donors (Lipinski definition) is 0. The maximum Gasteiger partial charge on any atom is 0.265 e. The average Bonchev–Trinajstić information content (AvgIpc) is 1.84. The number of hydrogen-bond acceptors (Lipinski definition) is 5. The summed E-state index contributed by atoms with van der Waals surface area (Å²) in [5.41, 5.74) is 0. The van der Waals surface area contributed by atoms with E-state index < -0.39 is 16.2 Å². The van der Waals surface area contributed by atoms with Gasteiger partial charge in [-0.3, -0.25) is 4.18 Å². The molecule has 0 N–H and O–H groups in total. The molecule has 0 aromatic carbocycles. The molecule has 0 aliphatic rings. The summed E-state index contributed by atoms with van der Waals surface area (Å²) < 4.78 is 26.3. The van der Waals surface area contributed by atoms with E-state index >= 15 is 0 Å². The zero-order valence-corrected chi connectivity index (χ0v) is 9.39. The molecule has 71 valence electrons. The van der Waals surface area contributed by atoms with Crippen LogP contribution >= 0.6 is 24.0 Å². The van der Waals surface area contributed by atoms with Crippen molar-refractivity contribution in [3.05, 3.63) is 6.92 Å². The minimum atomic E-state index is -3.45. The first-order chi connectivity index (χ1) is 5.37. The highest BCUT2D eigenvalue weighted by atomic mass is 32.2. The molecular weight excluding hydrogens is 216 g/mol. The van der Waals surface area contributed by atoms with Gasteiger partial charge in [0.1, 0.15) is 6.10 Å². The van der Waals surface area contributed by atoms with Crippen LogP contribution in [-0.2, 0) is 14.3 Å². The van der Waals surface area contributed by atoms with Gasteiger partial charge in [-0.2, -0.15) is 8.42 Å². The second-order valence-corrected chi connectivity index (χ2v) is 5.65. The van der Waals surface area contributed by atoms with Crippen LogP contribution in [-0.4, -0.2) is 30.7 Å². The molecule has 0 rings (SSSR count). The summed E-state index contributed by atoms with van der Waals surface area (Å²) >= 11 is 6.21. The molecule has 6 heteroatoms. The molecule has 0 heterocycles. The number of thioether (sulfide) groups is 1. The fourth-order valence-corrected chi connectivity index (χ4v) is 2.05. The van der Waals surface area contributed by atoms with E-state index in [0.717, 1.165) is 12.0 Å². The summed E-state index contributed by atoms with van der Waals surface area (Å²) in [6.45, 7) is 5.40. The van der Waals surface area contributed by atoms with Gasteiger partial charge in [0.15, 0.2) is 0 Å². The zero-order valence-electron chi connectivity index (χ0n) is 6.94. The van der Waals surface area contributed by atoms with Crippen LogP contribution in [0.5, 0.6) is 0 Å². The summed E-state index contributed by atoms with van der Waals surface area (Å²) in [6.07, 6.45) is 0.213. The monoisotopic (exact) mass is 227 g/mol. The summed E-state index contributed by atoms with van der Waals surface area (Å²) in [5.74, 6) is 0.790. The van der Waals surface area contributed by atoms with Gasteiger partial charge in [0.2, 0.25) is 0 Å². The van der Waals surface area contributed by atoms with Crippen molar-refractivity contribution in [3.63, 3.8) is 0 Å². The molecule has 3 nitrogen and oxygen atoms in total. The number of thiocarbonyl (C=S) groups is 1. The predicted molar refractivity (Wildman–Crippen MR) is 55.8 cm³/mol. The van der Waals surface area contributed by atoms with Crippen LogP contribution in [0.4, 0.5) is 0 Å². The Morgan fingerprint density at radius 3 is 2.58 bits per heavy atom. The summed E-state index contributed by atoms with van der Waals surface area (Å²) in [5, 5.41) is 0. The standard InChI is InChI=1S/C6H11O3S3/c1-4-11-6(10)5(2)9-12(3,7)8/h5H,2,4H2,1,3H3. The molecule has 0 aliphatic heterocycles. The normalized spacial score (nSPS) is 14.2. The molecule has 0 aromatic rings. The van der Waals surface area contributed by atoms with Crippen LogP contribution in [0.25, 0.3) is 0 Å². The van der Waals surface area contributed by atoms with E-state index in [1.54, 1.807) is 0 Å². The molecule has 0 aliphatic carbocycles. The lowest BCUT2D eigenvalue weighted by Gasteiger charge is -2.10. The largest absolute Gasteiger partial charge is 0.265 e. The van der Waals surface area contributed by atoms with Crippen LogP contribution in [0.2, 0.25) is 0 Å². The zero-order chi connectivity index (χ0) is 9.78. The molecule has 0 spiro atoms. The Balaban J connectivity index is 4.05. The SMILES string of the molecule is [CH2]C(OS(C)(=O)=O)C(=S)SCC. The fraction of sp³-hybridized carbons (Fsp3) is 0.667. The molecule has 0 fully saturated rings. The first kappa shape index (κ1) is 12.3. The summed E-state index contributed by atoms with van der Waals surface area (Å²) in [6, 6.07) is 0. The van der Waals surface area contributed by atoms with E-state index in [1.165, 1.54) is 11.8 Å². The summed E-state index contributed by atoms with van der Waals surface area (Å²) in [4.78, 5) is 0. The van der Waals surface area contributed by atoms with Crippen molar-refractivity contribution in [2.24, 2.45) is 0 Å². The van der Waals surface area contributed by atoms with E-state index in [1.807, 2.05) is 6.92 Å². The lowest BCUT2D eigenvalue weighted by atomic mass is 10.5. The smallest absolute Gasteiger partial charge is 0.261 e.